The van der Waals surface area contributed by atoms with Gasteiger partial charge in [-0.3, -0.25) is 4.79 Å². The molecule has 0 aromatic rings. The number of hydrogen-bond acceptors (Lipinski definition) is 2. The van der Waals surface area contributed by atoms with Crippen LogP contribution in [0.25, 0.3) is 0 Å². The van der Waals surface area contributed by atoms with Crippen molar-refractivity contribution in [2.24, 2.45) is 11.8 Å². The summed E-state index contributed by atoms with van der Waals surface area (Å²) in [4.78, 5) is 25.9. The molecule has 0 aliphatic rings. The summed E-state index contributed by atoms with van der Waals surface area (Å²) in [5.74, 6) is -0.189. The second-order valence-electron chi connectivity index (χ2n) is 5.55. The summed E-state index contributed by atoms with van der Waals surface area (Å²) in [5.41, 5.74) is 0. The third kappa shape index (κ3) is 7.14. The molecule has 106 valence electrons. The molecular weight excluding hydrogens is 232 g/mol. The van der Waals surface area contributed by atoms with Gasteiger partial charge in [-0.05, 0) is 18.3 Å². The summed E-state index contributed by atoms with van der Waals surface area (Å²) in [7, 11) is 1.72. The van der Waals surface area contributed by atoms with Crippen LogP contribution >= 0.6 is 0 Å². The average molecular weight is 258 g/mol. The summed E-state index contributed by atoms with van der Waals surface area (Å²) < 4.78 is 0. The minimum atomic E-state index is -0.971. The number of aliphatic carboxylic acids is 1. The highest BCUT2D eigenvalue weighted by atomic mass is 16.4. The smallest absolute Gasteiger partial charge is 0.323 e. The second kappa shape index (κ2) is 7.95. The number of rotatable bonds is 7. The number of carboxylic acids is 1. The van der Waals surface area contributed by atoms with E-state index in [-0.39, 0.29) is 18.5 Å². The highest BCUT2D eigenvalue weighted by Crippen LogP contribution is 2.06. The van der Waals surface area contributed by atoms with Crippen molar-refractivity contribution < 1.29 is 14.7 Å². The quantitative estimate of drug-likeness (QED) is 0.761. The minimum absolute atomic E-state index is 0.202. The fourth-order valence-corrected chi connectivity index (χ4v) is 1.60. The molecule has 0 rings (SSSR count). The number of urea groups is 1. The molecule has 5 nitrogen and oxygen atoms in total. The summed E-state index contributed by atoms with van der Waals surface area (Å²) in [5, 5.41) is 8.83. The van der Waals surface area contributed by atoms with Gasteiger partial charge in [0, 0.05) is 20.1 Å². The molecule has 0 fully saturated rings. The number of amides is 2. The van der Waals surface area contributed by atoms with Gasteiger partial charge in [-0.25, -0.2) is 4.79 Å². The van der Waals surface area contributed by atoms with Gasteiger partial charge in [-0.1, -0.05) is 27.7 Å². The van der Waals surface area contributed by atoms with Gasteiger partial charge < -0.3 is 14.9 Å². The van der Waals surface area contributed by atoms with Crippen molar-refractivity contribution in [2.45, 2.75) is 34.1 Å². The van der Waals surface area contributed by atoms with Crippen molar-refractivity contribution in [3.63, 3.8) is 0 Å². The molecular formula is C13H26N2O3. The molecule has 0 radical (unpaired) electrons. The number of carbonyl (C=O) groups is 2. The first-order valence-corrected chi connectivity index (χ1v) is 6.45. The molecule has 2 amide bonds. The van der Waals surface area contributed by atoms with E-state index in [4.69, 9.17) is 5.11 Å². The SMILES string of the molecule is CC(C)CCN(C)C(=O)N(CC(=O)O)CC(C)C. The van der Waals surface area contributed by atoms with Gasteiger partial charge >= 0.3 is 12.0 Å². The number of carboxylic acid groups (broad SMARTS) is 1. The van der Waals surface area contributed by atoms with E-state index in [9.17, 15) is 9.59 Å². The number of hydrogen-bond donors (Lipinski definition) is 1. The van der Waals surface area contributed by atoms with Crippen molar-refractivity contribution in [3.8, 4) is 0 Å². The number of nitrogens with zero attached hydrogens (tertiary/aromatic N) is 2. The maximum Gasteiger partial charge on any atom is 0.323 e. The predicted molar refractivity (Wildman–Crippen MR) is 71.5 cm³/mol. The zero-order valence-electron chi connectivity index (χ0n) is 12.1. The van der Waals surface area contributed by atoms with Gasteiger partial charge in [0.05, 0.1) is 0 Å². The lowest BCUT2D eigenvalue weighted by molar-refractivity contribution is -0.137. The molecule has 5 heteroatoms. The molecule has 0 aliphatic heterocycles. The van der Waals surface area contributed by atoms with E-state index in [0.29, 0.717) is 19.0 Å². The molecule has 18 heavy (non-hydrogen) atoms. The maximum absolute atomic E-state index is 12.1. The van der Waals surface area contributed by atoms with Gasteiger partial charge in [0.2, 0.25) is 0 Å². The molecule has 0 aliphatic carbocycles. The van der Waals surface area contributed by atoms with Crippen LogP contribution in [0.1, 0.15) is 34.1 Å². The van der Waals surface area contributed by atoms with Crippen LogP contribution in [0.3, 0.4) is 0 Å². The zero-order valence-corrected chi connectivity index (χ0v) is 12.1. The van der Waals surface area contributed by atoms with Crippen molar-refractivity contribution in [2.75, 3.05) is 26.7 Å². The van der Waals surface area contributed by atoms with Crippen LogP contribution in [0.2, 0.25) is 0 Å². The molecule has 0 spiro atoms. The Morgan fingerprint density at radius 3 is 2.06 bits per heavy atom. The highest BCUT2D eigenvalue weighted by molar-refractivity contribution is 5.80. The third-order valence-corrected chi connectivity index (χ3v) is 2.55. The molecule has 0 saturated heterocycles. The van der Waals surface area contributed by atoms with E-state index < -0.39 is 5.97 Å². The summed E-state index contributed by atoms with van der Waals surface area (Å²) in [6.07, 6.45) is 0.921. The minimum Gasteiger partial charge on any atom is -0.480 e. The van der Waals surface area contributed by atoms with E-state index in [2.05, 4.69) is 13.8 Å². The Balaban J connectivity index is 4.47. The first kappa shape index (κ1) is 16.7. The molecule has 0 heterocycles. The van der Waals surface area contributed by atoms with Gasteiger partial charge in [0.15, 0.2) is 0 Å². The Morgan fingerprint density at radius 1 is 1.11 bits per heavy atom. The number of carbonyl (C=O) groups excluding carboxylic acids is 1. The van der Waals surface area contributed by atoms with E-state index in [1.807, 2.05) is 13.8 Å². The van der Waals surface area contributed by atoms with Crippen LogP contribution in [-0.2, 0) is 4.79 Å². The lowest BCUT2D eigenvalue weighted by atomic mass is 10.1. The Morgan fingerprint density at radius 2 is 1.67 bits per heavy atom. The van der Waals surface area contributed by atoms with Crippen LogP contribution < -0.4 is 0 Å². The van der Waals surface area contributed by atoms with Crippen molar-refractivity contribution in [1.29, 1.82) is 0 Å². The molecule has 0 unspecified atom stereocenters. The normalized spacial score (nSPS) is 10.8. The molecule has 0 aromatic carbocycles. The Hall–Kier alpha value is -1.26. The van der Waals surface area contributed by atoms with Crippen LogP contribution in [0.4, 0.5) is 4.79 Å². The fraction of sp³-hybridized carbons (Fsp3) is 0.846. The van der Waals surface area contributed by atoms with Gasteiger partial charge in [-0.15, -0.1) is 0 Å². The van der Waals surface area contributed by atoms with Gasteiger partial charge in [0.1, 0.15) is 6.54 Å². The molecule has 1 N–H and O–H groups in total. The Bertz CT molecular complexity index is 277. The zero-order chi connectivity index (χ0) is 14.3. The van der Waals surface area contributed by atoms with E-state index in [1.54, 1.807) is 11.9 Å². The van der Waals surface area contributed by atoms with Gasteiger partial charge in [-0.2, -0.15) is 0 Å². The van der Waals surface area contributed by atoms with Crippen LogP contribution in [0.15, 0.2) is 0 Å². The summed E-state index contributed by atoms with van der Waals surface area (Å²) >= 11 is 0. The predicted octanol–water partition coefficient (Wildman–Crippen LogP) is 2.13. The molecule has 0 bridgehead atoms. The van der Waals surface area contributed by atoms with Crippen LogP contribution in [0, 0.1) is 11.8 Å². The van der Waals surface area contributed by atoms with E-state index in [1.165, 1.54) is 4.90 Å². The lowest BCUT2D eigenvalue weighted by Crippen LogP contribution is -2.45. The highest BCUT2D eigenvalue weighted by Gasteiger charge is 2.21. The summed E-state index contributed by atoms with van der Waals surface area (Å²) in [6, 6.07) is -0.202. The largest absolute Gasteiger partial charge is 0.480 e. The summed E-state index contributed by atoms with van der Waals surface area (Å²) in [6.45, 7) is 9.03. The average Bonchev–Trinajstić information content (AvgIpc) is 2.22. The monoisotopic (exact) mass is 258 g/mol. The van der Waals surface area contributed by atoms with Crippen molar-refractivity contribution >= 4 is 12.0 Å². The van der Waals surface area contributed by atoms with Crippen molar-refractivity contribution in [1.82, 2.24) is 9.80 Å². The molecule has 0 aromatic heterocycles. The first-order valence-electron chi connectivity index (χ1n) is 6.45. The Kier molecular flexibility index (Phi) is 7.39. The van der Waals surface area contributed by atoms with Gasteiger partial charge in [0.25, 0.3) is 0 Å². The maximum atomic E-state index is 12.1. The van der Waals surface area contributed by atoms with Crippen molar-refractivity contribution in [3.05, 3.63) is 0 Å². The van der Waals surface area contributed by atoms with E-state index >= 15 is 0 Å². The topological polar surface area (TPSA) is 60.9 Å². The molecule has 0 saturated carbocycles. The third-order valence-electron chi connectivity index (χ3n) is 2.55. The first-order chi connectivity index (χ1) is 8.23. The second-order valence-corrected chi connectivity index (χ2v) is 5.55. The van der Waals surface area contributed by atoms with E-state index in [0.717, 1.165) is 6.42 Å². The molecule has 0 atom stereocenters. The lowest BCUT2D eigenvalue weighted by Gasteiger charge is -2.28. The Labute approximate surface area is 110 Å². The van der Waals surface area contributed by atoms with Crippen LogP contribution in [-0.4, -0.2) is 53.6 Å². The fourth-order valence-electron chi connectivity index (χ4n) is 1.60. The van der Waals surface area contributed by atoms with Crippen LogP contribution in [0.5, 0.6) is 0 Å². The standard InChI is InChI=1S/C13H26N2O3/c1-10(2)6-7-14(5)13(18)15(8-11(3)4)9-12(16)17/h10-11H,6-9H2,1-5H3,(H,16,17).